The number of rotatable bonds is 3. The van der Waals surface area contributed by atoms with Gasteiger partial charge in [0, 0.05) is 18.8 Å². The summed E-state index contributed by atoms with van der Waals surface area (Å²) in [6.45, 7) is 0. The number of aromatic nitrogens is 4. The molecule has 4 rings (SSSR count). The molecule has 2 atom stereocenters. The fourth-order valence-electron chi connectivity index (χ4n) is 4.25. The van der Waals surface area contributed by atoms with E-state index in [2.05, 4.69) is 15.1 Å². The summed E-state index contributed by atoms with van der Waals surface area (Å²) in [5.41, 5.74) is -0.0107. The van der Waals surface area contributed by atoms with Gasteiger partial charge in [-0.25, -0.2) is 18.4 Å². The number of hydrogen-bond acceptors (Lipinski definition) is 4. The summed E-state index contributed by atoms with van der Waals surface area (Å²) in [4.78, 5) is 31.1. The summed E-state index contributed by atoms with van der Waals surface area (Å²) in [5, 5.41) is 13.9. The number of carboxylic acid groups (broad SMARTS) is 1. The molecule has 0 aromatic carbocycles. The standard InChI is InChI=1S/C17H20F2N4O3/c18-17(19)6-4-9(5-7-17)23-14-12(8-20-23)15(24)22-13(21-14)10-2-1-3-11(10)16(25)26/h8-11H,1-7H2,(H,25,26)(H,21,22,24)/t10-,11-/m0/s1. The first-order chi connectivity index (χ1) is 12.4. The van der Waals surface area contributed by atoms with Crippen molar-refractivity contribution < 1.29 is 18.7 Å². The summed E-state index contributed by atoms with van der Waals surface area (Å²) < 4.78 is 28.4. The minimum absolute atomic E-state index is 0.210. The van der Waals surface area contributed by atoms with Crippen molar-refractivity contribution >= 4 is 17.0 Å². The molecule has 2 aromatic rings. The van der Waals surface area contributed by atoms with Crippen LogP contribution in [0.1, 0.15) is 62.7 Å². The van der Waals surface area contributed by atoms with Crippen LogP contribution < -0.4 is 5.56 Å². The third kappa shape index (κ3) is 2.89. The first kappa shape index (κ1) is 17.1. The Morgan fingerprint density at radius 1 is 1.27 bits per heavy atom. The van der Waals surface area contributed by atoms with E-state index in [4.69, 9.17) is 0 Å². The van der Waals surface area contributed by atoms with Crippen LogP contribution in [0.15, 0.2) is 11.0 Å². The third-order valence-electron chi connectivity index (χ3n) is 5.70. The van der Waals surface area contributed by atoms with Crippen LogP contribution >= 0.6 is 0 Å². The molecular formula is C17H20F2N4O3. The van der Waals surface area contributed by atoms with Crippen LogP contribution in [0.2, 0.25) is 0 Å². The second kappa shape index (κ2) is 6.14. The minimum atomic E-state index is -2.64. The Hall–Kier alpha value is -2.32. The second-order valence-corrected chi connectivity index (χ2v) is 7.35. The molecule has 7 nitrogen and oxygen atoms in total. The number of halogens is 2. The lowest BCUT2D eigenvalue weighted by Gasteiger charge is -2.28. The van der Waals surface area contributed by atoms with Crippen LogP contribution in [0.3, 0.4) is 0 Å². The number of fused-ring (bicyclic) bond motifs is 1. The van der Waals surface area contributed by atoms with Crippen LogP contribution in [0.4, 0.5) is 8.78 Å². The highest BCUT2D eigenvalue weighted by Gasteiger charge is 2.38. The predicted octanol–water partition coefficient (Wildman–Crippen LogP) is 2.84. The van der Waals surface area contributed by atoms with E-state index in [1.54, 1.807) is 4.68 Å². The van der Waals surface area contributed by atoms with Gasteiger partial charge in [0.2, 0.25) is 5.92 Å². The number of H-pyrrole nitrogens is 1. The average Bonchev–Trinajstić information content (AvgIpc) is 3.21. The lowest BCUT2D eigenvalue weighted by Crippen LogP contribution is -2.27. The molecule has 0 saturated heterocycles. The highest BCUT2D eigenvalue weighted by Crippen LogP contribution is 2.40. The van der Waals surface area contributed by atoms with Crippen LogP contribution in [0, 0.1) is 5.92 Å². The lowest BCUT2D eigenvalue weighted by molar-refractivity contribution is -0.142. The fraction of sp³-hybridized carbons (Fsp3) is 0.647. The van der Waals surface area contributed by atoms with Crippen molar-refractivity contribution in [2.45, 2.75) is 62.8 Å². The molecule has 0 amide bonds. The SMILES string of the molecule is O=C(O)[C@H]1CCC[C@@H]1c1nc2c(cnn2C2CCC(F)(F)CC2)c(=O)[nH]1. The van der Waals surface area contributed by atoms with Crippen molar-refractivity contribution in [3.8, 4) is 0 Å². The maximum atomic E-state index is 13.4. The quantitative estimate of drug-likeness (QED) is 0.870. The Balaban J connectivity index is 1.72. The van der Waals surface area contributed by atoms with Crippen molar-refractivity contribution in [3.63, 3.8) is 0 Å². The van der Waals surface area contributed by atoms with Crippen LogP contribution in [0.25, 0.3) is 11.0 Å². The Labute approximate surface area is 147 Å². The van der Waals surface area contributed by atoms with Gasteiger partial charge < -0.3 is 10.1 Å². The van der Waals surface area contributed by atoms with Crippen molar-refractivity contribution in [2.75, 3.05) is 0 Å². The zero-order chi connectivity index (χ0) is 18.5. The molecule has 2 aliphatic carbocycles. The number of aliphatic carboxylic acids is 1. The van der Waals surface area contributed by atoms with Crippen LogP contribution in [0.5, 0.6) is 0 Å². The fourth-order valence-corrected chi connectivity index (χ4v) is 4.25. The van der Waals surface area contributed by atoms with Gasteiger partial charge in [-0.2, -0.15) is 5.10 Å². The van der Waals surface area contributed by atoms with Crippen molar-refractivity contribution in [2.24, 2.45) is 5.92 Å². The van der Waals surface area contributed by atoms with Gasteiger partial charge in [-0.1, -0.05) is 6.42 Å². The molecule has 0 radical (unpaired) electrons. The van der Waals surface area contributed by atoms with Gasteiger partial charge in [-0.3, -0.25) is 9.59 Å². The van der Waals surface area contributed by atoms with E-state index in [-0.39, 0.29) is 43.2 Å². The van der Waals surface area contributed by atoms with Gasteiger partial charge in [-0.15, -0.1) is 0 Å². The van der Waals surface area contributed by atoms with Gasteiger partial charge in [0.05, 0.1) is 18.2 Å². The molecule has 2 N–H and O–H groups in total. The molecule has 2 aromatic heterocycles. The van der Waals surface area contributed by atoms with E-state index in [1.807, 2.05) is 0 Å². The highest BCUT2D eigenvalue weighted by atomic mass is 19.3. The zero-order valence-electron chi connectivity index (χ0n) is 14.1. The maximum absolute atomic E-state index is 13.4. The Morgan fingerprint density at radius 2 is 2.00 bits per heavy atom. The van der Waals surface area contributed by atoms with E-state index in [9.17, 15) is 23.5 Å². The zero-order valence-corrected chi connectivity index (χ0v) is 14.1. The van der Waals surface area contributed by atoms with Crippen molar-refractivity contribution in [1.82, 2.24) is 19.7 Å². The number of alkyl halides is 2. The molecule has 9 heteroatoms. The Kier molecular flexibility index (Phi) is 4.04. The molecule has 0 aliphatic heterocycles. The monoisotopic (exact) mass is 366 g/mol. The largest absolute Gasteiger partial charge is 0.481 e. The summed E-state index contributed by atoms with van der Waals surface area (Å²) in [7, 11) is 0. The first-order valence-corrected chi connectivity index (χ1v) is 8.94. The molecule has 140 valence electrons. The molecule has 2 saturated carbocycles. The molecule has 0 bridgehead atoms. The molecular weight excluding hydrogens is 346 g/mol. The summed E-state index contributed by atoms with van der Waals surface area (Å²) >= 11 is 0. The van der Waals surface area contributed by atoms with Gasteiger partial charge in [0.25, 0.3) is 5.56 Å². The lowest BCUT2D eigenvalue weighted by atomic mass is 9.92. The maximum Gasteiger partial charge on any atom is 0.307 e. The number of hydrogen-bond donors (Lipinski definition) is 2. The first-order valence-electron chi connectivity index (χ1n) is 8.94. The number of carbonyl (C=O) groups is 1. The number of nitrogens with zero attached hydrogens (tertiary/aromatic N) is 3. The summed E-state index contributed by atoms with van der Waals surface area (Å²) in [5.74, 6) is -4.09. The van der Waals surface area contributed by atoms with Crippen LogP contribution in [-0.4, -0.2) is 36.7 Å². The number of aromatic amines is 1. The van der Waals surface area contributed by atoms with Gasteiger partial charge in [0.15, 0.2) is 5.65 Å². The van der Waals surface area contributed by atoms with E-state index in [0.29, 0.717) is 29.7 Å². The topological polar surface area (TPSA) is 101 Å². The molecule has 2 heterocycles. The number of nitrogens with one attached hydrogen (secondary N) is 1. The minimum Gasteiger partial charge on any atom is -0.481 e. The van der Waals surface area contributed by atoms with Crippen LogP contribution in [-0.2, 0) is 4.79 Å². The second-order valence-electron chi connectivity index (χ2n) is 7.35. The Bertz CT molecular complexity index is 897. The smallest absolute Gasteiger partial charge is 0.307 e. The van der Waals surface area contributed by atoms with Gasteiger partial charge >= 0.3 is 5.97 Å². The van der Waals surface area contributed by atoms with E-state index in [0.717, 1.165) is 6.42 Å². The molecule has 2 fully saturated rings. The normalized spacial score (nSPS) is 26.4. The molecule has 26 heavy (non-hydrogen) atoms. The molecule has 0 spiro atoms. The molecule has 2 aliphatic rings. The summed E-state index contributed by atoms with van der Waals surface area (Å²) in [6, 6.07) is -0.229. The third-order valence-corrected chi connectivity index (χ3v) is 5.70. The van der Waals surface area contributed by atoms with Crippen molar-refractivity contribution in [1.29, 1.82) is 0 Å². The Morgan fingerprint density at radius 3 is 2.69 bits per heavy atom. The average molecular weight is 366 g/mol. The van der Waals surface area contributed by atoms with Gasteiger partial charge in [0.1, 0.15) is 11.2 Å². The molecule has 0 unspecified atom stereocenters. The van der Waals surface area contributed by atoms with E-state index in [1.165, 1.54) is 6.20 Å². The predicted molar refractivity (Wildman–Crippen MR) is 88.3 cm³/mol. The van der Waals surface area contributed by atoms with E-state index < -0.39 is 17.8 Å². The number of carboxylic acids is 1. The van der Waals surface area contributed by atoms with Gasteiger partial charge in [-0.05, 0) is 25.7 Å². The van der Waals surface area contributed by atoms with Crippen molar-refractivity contribution in [3.05, 3.63) is 22.4 Å². The highest BCUT2D eigenvalue weighted by molar-refractivity contribution is 5.74. The summed E-state index contributed by atoms with van der Waals surface area (Å²) in [6.07, 6.45) is 3.50. The van der Waals surface area contributed by atoms with E-state index >= 15 is 0 Å².